The minimum Gasteiger partial charge on any atom is -0.378 e. The predicted molar refractivity (Wildman–Crippen MR) is 146 cm³/mol. The quantitative estimate of drug-likeness (QED) is 0.416. The Hall–Kier alpha value is -2.70. The van der Waals surface area contributed by atoms with Crippen LogP contribution in [0.15, 0.2) is 52.3 Å². The van der Waals surface area contributed by atoms with Crippen LogP contribution in [-0.4, -0.2) is 58.7 Å². The number of benzene rings is 2. The number of thiazole rings is 1. The second-order valence-electron chi connectivity index (χ2n) is 9.29. The molecule has 0 N–H and O–H groups in total. The molecule has 0 radical (unpaired) electrons. The molecule has 0 saturated carbocycles. The topological polar surface area (TPSA) is 88.9 Å². The first-order valence-electron chi connectivity index (χ1n) is 12.1. The summed E-state index contributed by atoms with van der Waals surface area (Å²) in [5, 5.41) is 0.0508. The van der Waals surface area contributed by atoms with Gasteiger partial charge in [-0.05, 0) is 35.9 Å². The van der Waals surface area contributed by atoms with Gasteiger partial charge < -0.3 is 9.64 Å². The number of anilines is 1. The van der Waals surface area contributed by atoms with Gasteiger partial charge in [-0.3, -0.25) is 23.7 Å². The van der Waals surface area contributed by atoms with Gasteiger partial charge in [0.2, 0.25) is 17.7 Å². The number of hydrogen-bond donors (Lipinski definition) is 0. The molecule has 3 aromatic rings. The number of thioether (sulfide) groups is 1. The van der Waals surface area contributed by atoms with Crippen molar-refractivity contribution in [2.75, 3.05) is 31.2 Å². The number of hydrogen-bond acceptors (Lipinski definition) is 7. The summed E-state index contributed by atoms with van der Waals surface area (Å²) in [6.45, 7) is 1.50. The number of imide groups is 1. The molecule has 3 aliphatic rings. The maximum absolute atomic E-state index is 13.9. The van der Waals surface area contributed by atoms with Crippen molar-refractivity contribution in [1.82, 2.24) is 9.47 Å². The van der Waals surface area contributed by atoms with E-state index < -0.39 is 34.7 Å². The zero-order valence-electron chi connectivity index (χ0n) is 20.1. The van der Waals surface area contributed by atoms with Crippen molar-refractivity contribution in [3.05, 3.63) is 78.4 Å². The van der Waals surface area contributed by atoms with Crippen LogP contribution in [0.4, 0.5) is 10.1 Å². The van der Waals surface area contributed by atoms with E-state index in [0.29, 0.717) is 41.8 Å². The van der Waals surface area contributed by atoms with Crippen molar-refractivity contribution < 1.29 is 23.5 Å². The summed E-state index contributed by atoms with van der Waals surface area (Å²) in [7, 11) is 0. The van der Waals surface area contributed by atoms with E-state index in [9.17, 15) is 23.6 Å². The molecule has 39 heavy (non-hydrogen) atoms. The van der Waals surface area contributed by atoms with Gasteiger partial charge in [-0.25, -0.2) is 9.29 Å². The number of amides is 3. The number of carbonyl (C=O) groups is 3. The third kappa shape index (κ3) is 4.50. The van der Waals surface area contributed by atoms with Crippen molar-refractivity contribution in [2.45, 2.75) is 22.7 Å². The predicted octanol–water partition coefficient (Wildman–Crippen LogP) is 4.01. The Morgan fingerprint density at radius 3 is 2.46 bits per heavy atom. The highest BCUT2D eigenvalue weighted by atomic mass is 35.5. The van der Waals surface area contributed by atoms with Crippen LogP contribution in [-0.2, 0) is 25.7 Å². The van der Waals surface area contributed by atoms with Crippen molar-refractivity contribution in [2.24, 2.45) is 5.92 Å². The molecule has 0 aliphatic carbocycles. The Labute approximate surface area is 240 Å². The lowest BCUT2D eigenvalue weighted by Gasteiger charge is -2.31. The zero-order chi connectivity index (χ0) is 27.4. The van der Waals surface area contributed by atoms with Gasteiger partial charge >= 0.3 is 4.87 Å². The molecule has 0 bridgehead atoms. The third-order valence-corrected chi connectivity index (χ3v) is 10.5. The van der Waals surface area contributed by atoms with Gasteiger partial charge in [0.1, 0.15) is 17.6 Å². The zero-order valence-corrected chi connectivity index (χ0v) is 23.3. The van der Waals surface area contributed by atoms with Crippen LogP contribution < -0.4 is 9.77 Å². The Balaban J connectivity index is 1.46. The summed E-state index contributed by atoms with van der Waals surface area (Å²) in [4.78, 5) is 56.8. The van der Waals surface area contributed by atoms with Crippen molar-refractivity contribution in [3.8, 4) is 0 Å². The molecule has 202 valence electrons. The van der Waals surface area contributed by atoms with Crippen LogP contribution in [0.2, 0.25) is 10.0 Å². The van der Waals surface area contributed by atoms with Crippen molar-refractivity contribution in [1.29, 1.82) is 0 Å². The molecule has 3 unspecified atom stereocenters. The second-order valence-corrected chi connectivity index (χ2v) is 12.2. The highest BCUT2D eigenvalue weighted by Gasteiger charge is 2.57. The minimum absolute atomic E-state index is 0.200. The van der Waals surface area contributed by atoms with E-state index in [1.54, 1.807) is 23.1 Å². The monoisotopic (exact) mass is 607 g/mol. The number of carbonyl (C=O) groups excluding carboxylic acids is 3. The number of aromatic nitrogens is 1. The fourth-order valence-electron chi connectivity index (χ4n) is 5.24. The standard InChI is InChI=1S/C26H20Cl2FN3O5S2/c27-16-3-1-2-15(20(16)28)18-19-21(24(35)32(23(19)34)14-6-4-13(29)5-7-14)38-25-22(18)39-26(36)31(25)12-17(33)30-8-10-37-11-9-30/h1-7,18-19,21H,8-12H2. The summed E-state index contributed by atoms with van der Waals surface area (Å²) >= 11 is 15.0. The van der Waals surface area contributed by atoms with Crippen LogP contribution in [0.1, 0.15) is 16.4 Å². The molecule has 6 rings (SSSR count). The average Bonchev–Trinajstić information content (AvgIpc) is 3.38. The minimum atomic E-state index is -0.895. The smallest absolute Gasteiger partial charge is 0.308 e. The fourth-order valence-corrected chi connectivity index (χ4v) is 8.43. The van der Waals surface area contributed by atoms with E-state index in [4.69, 9.17) is 27.9 Å². The lowest BCUT2D eigenvalue weighted by molar-refractivity contribution is -0.136. The van der Waals surface area contributed by atoms with Gasteiger partial charge in [0.15, 0.2) is 0 Å². The molecule has 4 heterocycles. The van der Waals surface area contributed by atoms with Crippen LogP contribution in [0.25, 0.3) is 0 Å². The van der Waals surface area contributed by atoms with Crippen LogP contribution in [0.3, 0.4) is 0 Å². The van der Waals surface area contributed by atoms with Crippen LogP contribution in [0, 0.1) is 11.7 Å². The molecule has 3 amide bonds. The van der Waals surface area contributed by atoms with Gasteiger partial charge in [0.25, 0.3) is 0 Å². The first-order valence-corrected chi connectivity index (χ1v) is 14.5. The highest BCUT2D eigenvalue weighted by molar-refractivity contribution is 8.00. The summed E-state index contributed by atoms with van der Waals surface area (Å²) in [5.41, 5.74) is 0.760. The summed E-state index contributed by atoms with van der Waals surface area (Å²) in [6, 6.07) is 10.2. The third-order valence-electron chi connectivity index (χ3n) is 7.11. The van der Waals surface area contributed by atoms with Crippen LogP contribution >= 0.6 is 46.3 Å². The largest absolute Gasteiger partial charge is 0.378 e. The average molecular weight is 608 g/mol. The van der Waals surface area contributed by atoms with Gasteiger partial charge in [-0.2, -0.15) is 0 Å². The van der Waals surface area contributed by atoms with E-state index in [1.807, 2.05) is 0 Å². The first kappa shape index (κ1) is 26.5. The molecule has 2 fully saturated rings. The Bertz CT molecular complexity index is 1550. The SMILES string of the molecule is O=C(Cn1c2c(sc1=O)C(c1cccc(Cl)c1Cl)C1C(=O)N(c3ccc(F)cc3)C(=O)C1S2)N1CCOCC1. The number of rotatable bonds is 4. The fraction of sp³-hybridized carbons (Fsp3) is 0.308. The molecule has 1 aromatic heterocycles. The highest BCUT2D eigenvalue weighted by Crippen LogP contribution is 2.55. The normalized spacial score (nSPS) is 22.7. The molecule has 8 nitrogen and oxygen atoms in total. The van der Waals surface area contributed by atoms with Crippen molar-refractivity contribution in [3.63, 3.8) is 0 Å². The Kier molecular flexibility index (Phi) is 7.05. The van der Waals surface area contributed by atoms with Gasteiger partial charge in [0.05, 0.1) is 39.9 Å². The number of fused-ring (bicyclic) bond motifs is 2. The van der Waals surface area contributed by atoms with Gasteiger partial charge in [-0.15, -0.1) is 0 Å². The first-order chi connectivity index (χ1) is 18.8. The van der Waals surface area contributed by atoms with Crippen LogP contribution in [0.5, 0.6) is 0 Å². The maximum Gasteiger partial charge on any atom is 0.308 e. The lowest BCUT2D eigenvalue weighted by atomic mass is 9.83. The molecule has 2 saturated heterocycles. The maximum atomic E-state index is 13.9. The Morgan fingerprint density at radius 2 is 1.74 bits per heavy atom. The number of nitrogens with zero attached hydrogens (tertiary/aromatic N) is 3. The van der Waals surface area contributed by atoms with Gasteiger partial charge in [0, 0.05) is 23.9 Å². The molecular formula is C26H20Cl2FN3O5S2. The number of ether oxygens (including phenoxy) is 1. The van der Waals surface area contributed by atoms with Crippen molar-refractivity contribution >= 4 is 69.7 Å². The molecule has 3 aliphatic heterocycles. The number of morpholine rings is 1. The lowest BCUT2D eigenvalue weighted by Crippen LogP contribution is -2.43. The molecule has 13 heteroatoms. The molecule has 0 spiro atoms. The van der Waals surface area contributed by atoms with E-state index >= 15 is 0 Å². The molecule has 3 atom stereocenters. The number of halogens is 3. The Morgan fingerprint density at radius 1 is 1.03 bits per heavy atom. The van der Waals surface area contributed by atoms with E-state index in [-0.39, 0.29) is 33.1 Å². The summed E-state index contributed by atoms with van der Waals surface area (Å²) in [5.74, 6) is -3.34. The summed E-state index contributed by atoms with van der Waals surface area (Å²) < 4.78 is 20.3. The van der Waals surface area contributed by atoms with Gasteiger partial charge in [-0.1, -0.05) is 58.4 Å². The van der Waals surface area contributed by atoms with E-state index in [2.05, 4.69) is 0 Å². The molecule has 2 aromatic carbocycles. The van der Waals surface area contributed by atoms with E-state index in [1.165, 1.54) is 28.8 Å². The van der Waals surface area contributed by atoms with E-state index in [0.717, 1.165) is 28.0 Å². The molecular weight excluding hydrogens is 588 g/mol. The summed E-state index contributed by atoms with van der Waals surface area (Å²) in [6.07, 6.45) is 0. The second kappa shape index (κ2) is 10.4.